The molecule has 0 unspecified atom stereocenters. The molecule has 0 aliphatic rings. The maximum atomic E-state index is 12.0. The second-order valence-electron chi connectivity index (χ2n) is 5.66. The average Bonchev–Trinajstić information content (AvgIpc) is 2.64. The van der Waals surface area contributed by atoms with Gasteiger partial charge in [0, 0.05) is 29.6 Å². The van der Waals surface area contributed by atoms with E-state index < -0.39 is 0 Å². The van der Waals surface area contributed by atoms with Gasteiger partial charge in [0.15, 0.2) is 0 Å². The molecule has 0 radical (unpaired) electrons. The molecule has 0 saturated carbocycles. The highest BCUT2D eigenvalue weighted by molar-refractivity contribution is 6.30. The first-order valence-electron chi connectivity index (χ1n) is 7.96. The van der Waals surface area contributed by atoms with Gasteiger partial charge in [-0.15, -0.1) is 0 Å². The van der Waals surface area contributed by atoms with Crippen molar-refractivity contribution in [1.29, 1.82) is 0 Å². The molecule has 25 heavy (non-hydrogen) atoms. The number of hydrogen-bond donors (Lipinski definition) is 2. The van der Waals surface area contributed by atoms with Crippen LogP contribution in [0.15, 0.2) is 73.1 Å². The van der Waals surface area contributed by atoms with Crippen molar-refractivity contribution >= 4 is 23.3 Å². The first kappa shape index (κ1) is 17.0. The van der Waals surface area contributed by atoms with Crippen LogP contribution in [0.5, 0.6) is 0 Å². The summed E-state index contributed by atoms with van der Waals surface area (Å²) in [6.45, 7) is 0.448. The van der Waals surface area contributed by atoms with Crippen molar-refractivity contribution in [3.63, 3.8) is 0 Å². The molecule has 3 aromatic rings. The fourth-order valence-electron chi connectivity index (χ4n) is 2.40. The van der Waals surface area contributed by atoms with Gasteiger partial charge in [-0.25, -0.2) is 4.79 Å². The number of rotatable bonds is 5. The van der Waals surface area contributed by atoms with E-state index in [1.165, 1.54) is 11.1 Å². The van der Waals surface area contributed by atoms with Crippen LogP contribution in [0.25, 0.3) is 0 Å². The first-order chi connectivity index (χ1) is 12.2. The molecule has 0 fully saturated rings. The number of nitrogens with one attached hydrogen (secondary N) is 2. The molecule has 0 aliphatic carbocycles. The first-order valence-corrected chi connectivity index (χ1v) is 8.34. The summed E-state index contributed by atoms with van der Waals surface area (Å²) >= 11 is 5.84. The molecule has 2 aromatic carbocycles. The SMILES string of the molecule is O=C(NCc1ccc(Cl)cc1)Nc1ccc(Cc2ccncc2)cc1. The van der Waals surface area contributed by atoms with Gasteiger partial charge in [0.2, 0.25) is 0 Å². The van der Waals surface area contributed by atoms with Crippen molar-refractivity contribution in [2.24, 2.45) is 0 Å². The van der Waals surface area contributed by atoms with E-state index in [1.54, 1.807) is 24.5 Å². The molecule has 4 nitrogen and oxygen atoms in total. The van der Waals surface area contributed by atoms with Gasteiger partial charge < -0.3 is 10.6 Å². The number of carbonyl (C=O) groups excluding carboxylic acids is 1. The lowest BCUT2D eigenvalue weighted by Crippen LogP contribution is -2.28. The Morgan fingerprint density at radius 1 is 0.840 bits per heavy atom. The number of aromatic nitrogens is 1. The predicted molar refractivity (Wildman–Crippen MR) is 101 cm³/mol. The van der Waals surface area contributed by atoms with Crippen LogP contribution >= 0.6 is 11.6 Å². The molecule has 126 valence electrons. The van der Waals surface area contributed by atoms with Gasteiger partial charge in [0.05, 0.1) is 0 Å². The highest BCUT2D eigenvalue weighted by atomic mass is 35.5. The number of hydrogen-bond acceptors (Lipinski definition) is 2. The molecule has 2 N–H and O–H groups in total. The number of anilines is 1. The van der Waals surface area contributed by atoms with Crippen molar-refractivity contribution in [1.82, 2.24) is 10.3 Å². The molecule has 0 bridgehead atoms. The van der Waals surface area contributed by atoms with Crippen LogP contribution in [0.1, 0.15) is 16.7 Å². The maximum absolute atomic E-state index is 12.0. The molecule has 1 heterocycles. The van der Waals surface area contributed by atoms with Crippen LogP contribution in [0.2, 0.25) is 5.02 Å². The summed E-state index contributed by atoms with van der Waals surface area (Å²) in [6, 6.07) is 19.0. The monoisotopic (exact) mass is 351 g/mol. The Morgan fingerprint density at radius 2 is 1.44 bits per heavy atom. The second kappa shape index (κ2) is 8.31. The van der Waals surface area contributed by atoms with Crippen LogP contribution in [0.3, 0.4) is 0 Å². The number of halogens is 1. The van der Waals surface area contributed by atoms with E-state index in [1.807, 2.05) is 48.5 Å². The lowest BCUT2D eigenvalue weighted by molar-refractivity contribution is 0.251. The molecule has 0 spiro atoms. The number of benzene rings is 2. The molecule has 3 rings (SSSR count). The summed E-state index contributed by atoms with van der Waals surface area (Å²) in [7, 11) is 0. The smallest absolute Gasteiger partial charge is 0.319 e. The van der Waals surface area contributed by atoms with Gasteiger partial charge in [0.1, 0.15) is 0 Å². The Morgan fingerprint density at radius 3 is 2.12 bits per heavy atom. The number of pyridine rings is 1. The summed E-state index contributed by atoms with van der Waals surface area (Å²) in [5.41, 5.74) is 4.13. The van der Waals surface area contributed by atoms with Crippen LogP contribution in [-0.2, 0) is 13.0 Å². The van der Waals surface area contributed by atoms with E-state index in [4.69, 9.17) is 11.6 Å². The normalized spacial score (nSPS) is 10.3. The summed E-state index contributed by atoms with van der Waals surface area (Å²) < 4.78 is 0. The van der Waals surface area contributed by atoms with E-state index in [0.717, 1.165) is 17.7 Å². The van der Waals surface area contributed by atoms with E-state index in [9.17, 15) is 4.79 Å². The minimum absolute atomic E-state index is 0.239. The molecule has 5 heteroatoms. The van der Waals surface area contributed by atoms with Crippen LogP contribution in [0.4, 0.5) is 10.5 Å². The molecule has 0 atom stereocenters. The number of amides is 2. The van der Waals surface area contributed by atoms with E-state index in [2.05, 4.69) is 15.6 Å². The number of nitrogens with zero attached hydrogens (tertiary/aromatic N) is 1. The summed E-state index contributed by atoms with van der Waals surface area (Å²) in [5, 5.41) is 6.33. The zero-order valence-corrected chi connectivity index (χ0v) is 14.3. The van der Waals surface area contributed by atoms with Crippen molar-refractivity contribution < 1.29 is 4.79 Å². The van der Waals surface area contributed by atoms with Crippen molar-refractivity contribution in [3.05, 3.63) is 94.8 Å². The summed E-state index contributed by atoms with van der Waals surface area (Å²) in [4.78, 5) is 16.0. The Labute approximate surface area is 151 Å². The number of carbonyl (C=O) groups is 1. The lowest BCUT2D eigenvalue weighted by Gasteiger charge is -2.09. The molecule has 0 saturated heterocycles. The lowest BCUT2D eigenvalue weighted by atomic mass is 10.1. The quantitative estimate of drug-likeness (QED) is 0.703. The Balaban J connectivity index is 1.50. The highest BCUT2D eigenvalue weighted by Crippen LogP contribution is 2.13. The van der Waals surface area contributed by atoms with Gasteiger partial charge >= 0.3 is 6.03 Å². The maximum Gasteiger partial charge on any atom is 0.319 e. The summed E-state index contributed by atoms with van der Waals surface area (Å²) in [5.74, 6) is 0. The van der Waals surface area contributed by atoms with E-state index >= 15 is 0 Å². The molecular formula is C20H18ClN3O. The zero-order valence-electron chi connectivity index (χ0n) is 13.6. The van der Waals surface area contributed by atoms with E-state index in [0.29, 0.717) is 11.6 Å². The largest absolute Gasteiger partial charge is 0.334 e. The van der Waals surface area contributed by atoms with Crippen LogP contribution in [-0.4, -0.2) is 11.0 Å². The predicted octanol–water partition coefficient (Wildman–Crippen LogP) is 4.65. The van der Waals surface area contributed by atoms with E-state index in [-0.39, 0.29) is 6.03 Å². The Kier molecular flexibility index (Phi) is 5.65. The highest BCUT2D eigenvalue weighted by Gasteiger charge is 2.03. The molecule has 1 aromatic heterocycles. The van der Waals surface area contributed by atoms with Gasteiger partial charge in [-0.3, -0.25) is 4.98 Å². The van der Waals surface area contributed by atoms with Crippen molar-refractivity contribution in [2.75, 3.05) is 5.32 Å². The third kappa shape index (κ3) is 5.33. The number of urea groups is 1. The van der Waals surface area contributed by atoms with Crippen LogP contribution in [0, 0.1) is 0 Å². The molecule has 2 amide bonds. The third-order valence-corrected chi connectivity index (χ3v) is 3.99. The van der Waals surface area contributed by atoms with Gasteiger partial charge in [0.25, 0.3) is 0 Å². The fraction of sp³-hybridized carbons (Fsp3) is 0.100. The van der Waals surface area contributed by atoms with Crippen LogP contribution < -0.4 is 10.6 Å². The van der Waals surface area contributed by atoms with Gasteiger partial charge in [-0.2, -0.15) is 0 Å². The standard InChI is InChI=1S/C20H18ClN3O/c21-18-5-1-17(2-6-18)14-23-20(25)24-19-7-3-15(4-8-19)13-16-9-11-22-12-10-16/h1-12H,13-14H2,(H2,23,24,25). The van der Waals surface area contributed by atoms with Gasteiger partial charge in [-0.05, 0) is 59.5 Å². The third-order valence-electron chi connectivity index (χ3n) is 3.74. The zero-order chi connectivity index (χ0) is 17.5. The minimum atomic E-state index is -0.239. The fourth-order valence-corrected chi connectivity index (χ4v) is 2.53. The van der Waals surface area contributed by atoms with Gasteiger partial charge in [-0.1, -0.05) is 35.9 Å². The molecule has 0 aliphatic heterocycles. The Bertz CT molecular complexity index is 818. The van der Waals surface area contributed by atoms with Crippen molar-refractivity contribution in [2.45, 2.75) is 13.0 Å². The summed E-state index contributed by atoms with van der Waals surface area (Å²) in [6.07, 6.45) is 4.41. The molecular weight excluding hydrogens is 334 g/mol. The van der Waals surface area contributed by atoms with Crippen molar-refractivity contribution in [3.8, 4) is 0 Å². The average molecular weight is 352 g/mol. The Hall–Kier alpha value is -2.85. The topological polar surface area (TPSA) is 54.0 Å². The minimum Gasteiger partial charge on any atom is -0.334 e. The second-order valence-corrected chi connectivity index (χ2v) is 6.10.